The number of hydrogen-bond acceptors (Lipinski definition) is 6. The van der Waals surface area contributed by atoms with E-state index >= 15 is 0 Å². The fourth-order valence-corrected chi connectivity index (χ4v) is 4.23. The van der Waals surface area contributed by atoms with E-state index in [0.717, 1.165) is 66.0 Å². The molecule has 0 unspecified atom stereocenters. The van der Waals surface area contributed by atoms with Crippen LogP contribution in [-0.4, -0.2) is 62.1 Å². The Morgan fingerprint density at radius 3 is 2.89 bits per heavy atom. The molecule has 1 N–H and O–H groups in total. The number of amides is 1. The van der Waals surface area contributed by atoms with Gasteiger partial charge >= 0.3 is 0 Å². The van der Waals surface area contributed by atoms with Crippen LogP contribution in [0.4, 0.5) is 0 Å². The van der Waals surface area contributed by atoms with Crippen molar-refractivity contribution in [1.82, 2.24) is 30.0 Å². The molecule has 1 aromatic carbocycles. The van der Waals surface area contributed by atoms with E-state index in [9.17, 15) is 4.79 Å². The fourth-order valence-electron chi connectivity index (χ4n) is 3.48. The largest absolute Gasteiger partial charge is 0.342 e. The lowest BCUT2D eigenvalue weighted by Crippen LogP contribution is -2.35. The van der Waals surface area contributed by atoms with Crippen LogP contribution in [0.5, 0.6) is 0 Å². The molecule has 0 atom stereocenters. The maximum Gasteiger partial charge on any atom is 0.223 e. The molecule has 3 heterocycles. The summed E-state index contributed by atoms with van der Waals surface area (Å²) in [5, 5.41) is 10.4. The van der Waals surface area contributed by atoms with Crippen LogP contribution in [0.25, 0.3) is 11.0 Å². The number of nitrogens with one attached hydrogen (secondary N) is 1. The zero-order chi connectivity index (χ0) is 18.6. The number of nitrogens with zero attached hydrogens (tertiary/aromatic N) is 5. The van der Waals surface area contributed by atoms with Gasteiger partial charge in [-0.15, -0.1) is 21.5 Å². The van der Waals surface area contributed by atoms with Crippen molar-refractivity contribution in [3.63, 3.8) is 0 Å². The summed E-state index contributed by atoms with van der Waals surface area (Å²) in [6, 6.07) is 7.96. The van der Waals surface area contributed by atoms with Crippen LogP contribution in [0.3, 0.4) is 0 Å². The Morgan fingerprint density at radius 1 is 1.19 bits per heavy atom. The van der Waals surface area contributed by atoms with Crippen LogP contribution in [0.1, 0.15) is 28.7 Å². The fraction of sp³-hybridized carbons (Fsp3) is 0.474. The average Bonchev–Trinajstić information content (AvgIpc) is 3.19. The Morgan fingerprint density at radius 2 is 2.07 bits per heavy atom. The third kappa shape index (κ3) is 4.51. The van der Waals surface area contributed by atoms with Crippen LogP contribution in [-0.2, 0) is 17.8 Å². The van der Waals surface area contributed by atoms with Crippen LogP contribution >= 0.6 is 11.3 Å². The van der Waals surface area contributed by atoms with Gasteiger partial charge in [-0.25, -0.2) is 4.98 Å². The van der Waals surface area contributed by atoms with E-state index in [1.807, 2.05) is 36.1 Å². The van der Waals surface area contributed by atoms with Gasteiger partial charge in [-0.05, 0) is 25.5 Å². The molecule has 1 fully saturated rings. The van der Waals surface area contributed by atoms with Crippen molar-refractivity contribution < 1.29 is 4.79 Å². The van der Waals surface area contributed by atoms with E-state index in [-0.39, 0.29) is 5.91 Å². The van der Waals surface area contributed by atoms with Crippen molar-refractivity contribution in [2.45, 2.75) is 32.7 Å². The molecule has 2 aromatic heterocycles. The van der Waals surface area contributed by atoms with E-state index < -0.39 is 0 Å². The van der Waals surface area contributed by atoms with Crippen molar-refractivity contribution in [2.75, 3.05) is 26.2 Å². The first-order valence-corrected chi connectivity index (χ1v) is 10.2. The summed E-state index contributed by atoms with van der Waals surface area (Å²) in [7, 11) is 0. The van der Waals surface area contributed by atoms with E-state index in [0.29, 0.717) is 12.8 Å². The Kier molecular flexibility index (Phi) is 5.45. The van der Waals surface area contributed by atoms with E-state index in [1.54, 1.807) is 11.3 Å². The molecule has 0 spiro atoms. The van der Waals surface area contributed by atoms with Gasteiger partial charge in [0.25, 0.3) is 0 Å². The number of carbonyl (C=O) groups is 1. The molecule has 0 bridgehead atoms. The van der Waals surface area contributed by atoms with Gasteiger partial charge in [-0.1, -0.05) is 12.1 Å². The minimum atomic E-state index is 0.212. The van der Waals surface area contributed by atoms with Gasteiger partial charge < -0.3 is 9.88 Å². The summed E-state index contributed by atoms with van der Waals surface area (Å²) in [5.74, 6) is 1.09. The molecular formula is C19H24N6OS. The lowest BCUT2D eigenvalue weighted by Gasteiger charge is -2.21. The van der Waals surface area contributed by atoms with Crippen molar-refractivity contribution in [3.8, 4) is 0 Å². The number of aromatic amines is 1. The number of H-pyrrole nitrogens is 1. The standard InChI is InChI=1S/C19H24N6OS/c1-14-22-23-18(27-14)13-24-9-4-10-25(12-11-24)19(26)8-7-17-20-15-5-2-3-6-16(15)21-17/h2-3,5-6H,4,7-13H2,1H3,(H,20,21). The van der Waals surface area contributed by atoms with Crippen LogP contribution in [0, 0.1) is 6.92 Å². The predicted molar refractivity (Wildman–Crippen MR) is 106 cm³/mol. The van der Waals surface area contributed by atoms with Gasteiger partial charge in [0.15, 0.2) is 0 Å². The second kappa shape index (κ2) is 8.14. The van der Waals surface area contributed by atoms with E-state index in [4.69, 9.17) is 0 Å². The number of carbonyl (C=O) groups excluding carboxylic acids is 1. The minimum Gasteiger partial charge on any atom is -0.342 e. The first-order chi connectivity index (χ1) is 13.2. The molecule has 4 rings (SSSR count). The number of hydrogen-bond donors (Lipinski definition) is 1. The predicted octanol–water partition coefficient (Wildman–Crippen LogP) is 2.39. The molecule has 7 nitrogen and oxygen atoms in total. The molecule has 0 radical (unpaired) electrons. The maximum absolute atomic E-state index is 12.7. The molecule has 27 heavy (non-hydrogen) atoms. The van der Waals surface area contributed by atoms with Crippen molar-refractivity contribution in [3.05, 3.63) is 40.1 Å². The number of aromatic nitrogens is 4. The van der Waals surface area contributed by atoms with Gasteiger partial charge in [0.2, 0.25) is 5.91 Å². The highest BCUT2D eigenvalue weighted by atomic mass is 32.1. The number of benzene rings is 1. The Balaban J connectivity index is 1.28. The molecule has 1 saturated heterocycles. The number of imidazole rings is 1. The summed E-state index contributed by atoms with van der Waals surface area (Å²) in [5.41, 5.74) is 1.98. The molecule has 8 heteroatoms. The maximum atomic E-state index is 12.7. The SMILES string of the molecule is Cc1nnc(CN2CCCN(C(=O)CCc3nc4ccccc4[nH]3)CC2)s1. The van der Waals surface area contributed by atoms with Crippen LogP contribution in [0.15, 0.2) is 24.3 Å². The number of fused-ring (bicyclic) bond motifs is 1. The molecule has 0 aliphatic carbocycles. The highest BCUT2D eigenvalue weighted by Crippen LogP contribution is 2.15. The van der Waals surface area contributed by atoms with Crippen molar-refractivity contribution >= 4 is 28.3 Å². The molecule has 142 valence electrons. The zero-order valence-electron chi connectivity index (χ0n) is 15.5. The Bertz CT molecular complexity index is 887. The second-order valence-electron chi connectivity index (χ2n) is 6.93. The smallest absolute Gasteiger partial charge is 0.223 e. The monoisotopic (exact) mass is 384 g/mol. The third-order valence-corrected chi connectivity index (χ3v) is 5.71. The number of aryl methyl sites for hydroxylation is 2. The van der Waals surface area contributed by atoms with Gasteiger partial charge in [0.1, 0.15) is 15.8 Å². The minimum absolute atomic E-state index is 0.212. The first kappa shape index (κ1) is 18.1. The van der Waals surface area contributed by atoms with Crippen LogP contribution < -0.4 is 0 Å². The topological polar surface area (TPSA) is 78.0 Å². The summed E-state index contributed by atoms with van der Waals surface area (Å²) in [6.45, 7) is 6.28. The van der Waals surface area contributed by atoms with E-state index in [1.165, 1.54) is 0 Å². The molecule has 1 aliphatic rings. The average molecular weight is 385 g/mol. The summed E-state index contributed by atoms with van der Waals surface area (Å²) < 4.78 is 0. The Hall–Kier alpha value is -2.32. The lowest BCUT2D eigenvalue weighted by molar-refractivity contribution is -0.131. The highest BCUT2D eigenvalue weighted by Gasteiger charge is 2.20. The van der Waals surface area contributed by atoms with Gasteiger partial charge in [0.05, 0.1) is 17.6 Å². The highest BCUT2D eigenvalue weighted by molar-refractivity contribution is 7.11. The molecular weight excluding hydrogens is 360 g/mol. The molecule has 1 amide bonds. The van der Waals surface area contributed by atoms with Crippen molar-refractivity contribution in [1.29, 1.82) is 0 Å². The molecule has 1 aliphatic heterocycles. The van der Waals surface area contributed by atoms with Crippen molar-refractivity contribution in [2.24, 2.45) is 0 Å². The van der Waals surface area contributed by atoms with Crippen LogP contribution in [0.2, 0.25) is 0 Å². The number of para-hydroxylation sites is 2. The summed E-state index contributed by atoms with van der Waals surface area (Å²) >= 11 is 1.65. The quantitative estimate of drug-likeness (QED) is 0.731. The Labute approximate surface area is 162 Å². The molecule has 0 saturated carbocycles. The number of rotatable bonds is 5. The van der Waals surface area contributed by atoms with Gasteiger partial charge in [-0.3, -0.25) is 9.69 Å². The van der Waals surface area contributed by atoms with Gasteiger partial charge in [0, 0.05) is 39.0 Å². The third-order valence-electron chi connectivity index (χ3n) is 4.88. The lowest BCUT2D eigenvalue weighted by atomic mass is 10.2. The first-order valence-electron chi connectivity index (χ1n) is 9.40. The second-order valence-corrected chi connectivity index (χ2v) is 8.19. The molecule has 3 aromatic rings. The summed E-state index contributed by atoms with van der Waals surface area (Å²) in [6.07, 6.45) is 2.14. The van der Waals surface area contributed by atoms with Gasteiger partial charge in [-0.2, -0.15) is 0 Å². The summed E-state index contributed by atoms with van der Waals surface area (Å²) in [4.78, 5) is 24.9. The zero-order valence-corrected chi connectivity index (χ0v) is 16.3. The van der Waals surface area contributed by atoms with E-state index in [2.05, 4.69) is 25.1 Å². The normalized spacial score (nSPS) is 16.0.